The maximum Gasteiger partial charge on any atom is 0.263 e. The van der Waals surface area contributed by atoms with Crippen LogP contribution in [-0.4, -0.2) is 70.3 Å². The number of likely N-dealkylation sites (N-methyl/N-ethyl adjacent to an activating group) is 1. The molecular formula is C23H30N6O3S2. The number of aliphatic hydroxyl groups excluding tert-OH is 1. The van der Waals surface area contributed by atoms with Gasteiger partial charge in [0.05, 0.1) is 29.9 Å². The Balaban J connectivity index is 2.01. The molecule has 2 aromatic heterocycles. The lowest BCUT2D eigenvalue weighted by molar-refractivity contribution is -0.117. The predicted octanol–water partition coefficient (Wildman–Crippen LogP) is 3.05. The van der Waals surface area contributed by atoms with Crippen molar-refractivity contribution in [3.05, 3.63) is 29.1 Å². The molecule has 11 heteroatoms. The van der Waals surface area contributed by atoms with Crippen molar-refractivity contribution in [1.82, 2.24) is 20.2 Å². The van der Waals surface area contributed by atoms with Crippen LogP contribution in [0, 0.1) is 0 Å². The SMILES string of the molecule is CSc1nc(-c2cccc(NC(=O)CN(C)CCO)c2)c2c(N)c(C(=O)NC(C)(C)C)sc2n1. The lowest BCUT2D eigenvalue weighted by atomic mass is 10.1. The van der Waals surface area contributed by atoms with Crippen LogP contribution in [0.4, 0.5) is 11.4 Å². The first-order chi connectivity index (χ1) is 16.0. The number of carbonyl (C=O) groups excluding carboxylic acids is 2. The second kappa shape index (κ2) is 10.7. The second-order valence-electron chi connectivity index (χ2n) is 8.88. The van der Waals surface area contributed by atoms with Crippen LogP contribution in [0.15, 0.2) is 29.4 Å². The van der Waals surface area contributed by atoms with E-state index in [4.69, 9.17) is 10.8 Å². The van der Waals surface area contributed by atoms with Gasteiger partial charge in [-0.15, -0.1) is 11.3 Å². The first-order valence-corrected chi connectivity index (χ1v) is 12.7. The number of aromatic nitrogens is 2. The summed E-state index contributed by atoms with van der Waals surface area (Å²) in [5.41, 5.74) is 8.35. The number of aliphatic hydroxyl groups is 1. The van der Waals surface area contributed by atoms with Gasteiger partial charge >= 0.3 is 0 Å². The van der Waals surface area contributed by atoms with Gasteiger partial charge in [0.2, 0.25) is 5.91 Å². The van der Waals surface area contributed by atoms with E-state index in [1.807, 2.05) is 45.2 Å². The molecule has 0 saturated carbocycles. The van der Waals surface area contributed by atoms with Crippen LogP contribution in [-0.2, 0) is 4.79 Å². The first kappa shape index (κ1) is 25.9. The largest absolute Gasteiger partial charge is 0.397 e. The molecule has 0 aliphatic carbocycles. The predicted molar refractivity (Wildman–Crippen MR) is 139 cm³/mol. The number of nitrogen functional groups attached to an aromatic ring is 1. The number of nitrogens with one attached hydrogen (secondary N) is 2. The summed E-state index contributed by atoms with van der Waals surface area (Å²) in [6.45, 7) is 6.28. The fourth-order valence-corrected chi connectivity index (χ4v) is 4.72. The Kier molecular flexibility index (Phi) is 8.13. The summed E-state index contributed by atoms with van der Waals surface area (Å²) in [4.78, 5) is 37.3. The Morgan fingerprint density at radius 3 is 2.65 bits per heavy atom. The van der Waals surface area contributed by atoms with E-state index in [0.29, 0.717) is 43.9 Å². The normalized spacial score (nSPS) is 11.7. The number of nitrogens with zero attached hydrogens (tertiary/aromatic N) is 3. The minimum absolute atomic E-state index is 0.0153. The van der Waals surface area contributed by atoms with Gasteiger partial charge in [0.15, 0.2) is 5.16 Å². The molecule has 0 radical (unpaired) electrons. The molecule has 3 aromatic rings. The van der Waals surface area contributed by atoms with Gasteiger partial charge in [-0.25, -0.2) is 9.97 Å². The van der Waals surface area contributed by atoms with Gasteiger partial charge < -0.3 is 21.5 Å². The van der Waals surface area contributed by atoms with Crippen LogP contribution in [0.25, 0.3) is 21.5 Å². The van der Waals surface area contributed by atoms with Gasteiger partial charge in [-0.3, -0.25) is 14.5 Å². The van der Waals surface area contributed by atoms with Crippen LogP contribution in [0.5, 0.6) is 0 Å². The van der Waals surface area contributed by atoms with Gasteiger partial charge in [-0.05, 0) is 46.2 Å². The summed E-state index contributed by atoms with van der Waals surface area (Å²) in [6.07, 6.45) is 1.88. The van der Waals surface area contributed by atoms with Crippen molar-refractivity contribution < 1.29 is 14.7 Å². The number of anilines is 2. The van der Waals surface area contributed by atoms with Crippen molar-refractivity contribution in [1.29, 1.82) is 0 Å². The zero-order chi connectivity index (χ0) is 25.0. The van der Waals surface area contributed by atoms with Crippen LogP contribution in [0.1, 0.15) is 30.4 Å². The highest BCUT2D eigenvalue weighted by Gasteiger charge is 2.24. The van der Waals surface area contributed by atoms with E-state index < -0.39 is 5.54 Å². The highest BCUT2D eigenvalue weighted by atomic mass is 32.2. The number of carbonyl (C=O) groups is 2. The van der Waals surface area contributed by atoms with E-state index in [-0.39, 0.29) is 25.0 Å². The lowest BCUT2D eigenvalue weighted by Crippen LogP contribution is -2.40. The molecule has 182 valence electrons. The number of thioether (sulfide) groups is 1. The van der Waals surface area contributed by atoms with Gasteiger partial charge in [0.1, 0.15) is 9.71 Å². The lowest BCUT2D eigenvalue weighted by Gasteiger charge is -2.20. The number of rotatable bonds is 8. The molecule has 9 nitrogen and oxygen atoms in total. The summed E-state index contributed by atoms with van der Waals surface area (Å²) in [5, 5.41) is 16.0. The third-order valence-corrected chi connectivity index (χ3v) is 6.41. The minimum Gasteiger partial charge on any atom is -0.397 e. The molecule has 0 fully saturated rings. The molecule has 1 aromatic carbocycles. The van der Waals surface area contributed by atoms with Crippen molar-refractivity contribution in [2.75, 3.05) is 44.1 Å². The van der Waals surface area contributed by atoms with Crippen molar-refractivity contribution in [2.24, 2.45) is 0 Å². The van der Waals surface area contributed by atoms with E-state index in [1.54, 1.807) is 18.0 Å². The van der Waals surface area contributed by atoms with E-state index in [0.717, 1.165) is 5.56 Å². The fourth-order valence-electron chi connectivity index (χ4n) is 3.31. The third-order valence-electron chi connectivity index (χ3n) is 4.76. The monoisotopic (exact) mass is 502 g/mol. The molecule has 2 amide bonds. The molecule has 0 atom stereocenters. The number of amides is 2. The van der Waals surface area contributed by atoms with Crippen LogP contribution < -0.4 is 16.4 Å². The van der Waals surface area contributed by atoms with Crippen molar-refractivity contribution in [2.45, 2.75) is 31.5 Å². The molecule has 2 heterocycles. The van der Waals surface area contributed by atoms with Crippen LogP contribution in [0.2, 0.25) is 0 Å². The molecule has 5 N–H and O–H groups in total. The number of thiophene rings is 1. The summed E-state index contributed by atoms with van der Waals surface area (Å²) < 4.78 is 0. The van der Waals surface area contributed by atoms with Crippen molar-refractivity contribution >= 4 is 56.5 Å². The summed E-state index contributed by atoms with van der Waals surface area (Å²) in [5.74, 6) is -0.445. The summed E-state index contributed by atoms with van der Waals surface area (Å²) in [7, 11) is 1.76. The number of hydrogen-bond donors (Lipinski definition) is 4. The minimum atomic E-state index is -0.406. The van der Waals surface area contributed by atoms with Crippen molar-refractivity contribution in [3.63, 3.8) is 0 Å². The average Bonchev–Trinajstić information content (AvgIpc) is 3.08. The van der Waals surface area contributed by atoms with Gasteiger partial charge in [0.25, 0.3) is 5.91 Å². The first-order valence-electron chi connectivity index (χ1n) is 10.7. The van der Waals surface area contributed by atoms with E-state index in [1.165, 1.54) is 23.1 Å². The molecule has 3 rings (SSSR count). The number of fused-ring (bicyclic) bond motifs is 1. The summed E-state index contributed by atoms with van der Waals surface area (Å²) in [6, 6.07) is 7.32. The number of benzene rings is 1. The molecule has 0 spiro atoms. The number of nitrogens with two attached hydrogens (primary N) is 1. The van der Waals surface area contributed by atoms with E-state index >= 15 is 0 Å². The zero-order valence-electron chi connectivity index (χ0n) is 19.9. The van der Waals surface area contributed by atoms with Gasteiger partial charge in [-0.1, -0.05) is 23.9 Å². The van der Waals surface area contributed by atoms with Crippen molar-refractivity contribution in [3.8, 4) is 11.3 Å². The zero-order valence-corrected chi connectivity index (χ0v) is 21.6. The molecule has 0 aliphatic rings. The highest BCUT2D eigenvalue weighted by molar-refractivity contribution is 7.98. The highest BCUT2D eigenvalue weighted by Crippen LogP contribution is 2.39. The topological polar surface area (TPSA) is 133 Å². The van der Waals surface area contributed by atoms with Crippen LogP contribution in [0.3, 0.4) is 0 Å². The molecule has 0 saturated heterocycles. The maximum atomic E-state index is 12.9. The van der Waals surface area contributed by atoms with E-state index in [9.17, 15) is 9.59 Å². The molecule has 0 unspecified atom stereocenters. The quantitative estimate of drug-likeness (QED) is 0.273. The smallest absolute Gasteiger partial charge is 0.263 e. The Labute approximate surface area is 207 Å². The maximum absolute atomic E-state index is 12.9. The molecule has 0 aliphatic heterocycles. The third kappa shape index (κ3) is 6.23. The second-order valence-corrected chi connectivity index (χ2v) is 10.7. The molecule has 0 bridgehead atoms. The Bertz CT molecular complexity index is 1210. The van der Waals surface area contributed by atoms with Crippen LogP contribution >= 0.6 is 23.1 Å². The number of hydrogen-bond acceptors (Lipinski definition) is 9. The standard InChI is InChI=1S/C23H30N6O3S2/c1-23(2,3)28-20(32)19-17(24)16-18(26-22(33-5)27-21(16)34-19)13-7-6-8-14(11-13)25-15(31)12-29(4)9-10-30/h6-8,11,30H,9-10,12,24H2,1-5H3,(H,25,31)(H,28,32). The Morgan fingerprint density at radius 1 is 1.26 bits per heavy atom. The average molecular weight is 503 g/mol. The molecule has 34 heavy (non-hydrogen) atoms. The molecular weight excluding hydrogens is 472 g/mol. The van der Waals surface area contributed by atoms with Gasteiger partial charge in [-0.2, -0.15) is 0 Å². The Morgan fingerprint density at radius 2 is 2.00 bits per heavy atom. The Hall–Kier alpha value is -2.73. The van der Waals surface area contributed by atoms with Gasteiger partial charge in [0, 0.05) is 23.3 Å². The fraction of sp³-hybridized carbons (Fsp3) is 0.391. The summed E-state index contributed by atoms with van der Waals surface area (Å²) >= 11 is 2.64. The van der Waals surface area contributed by atoms with E-state index in [2.05, 4.69) is 20.6 Å².